The van der Waals surface area contributed by atoms with Gasteiger partial charge in [0.05, 0.1) is 34.5 Å². The molecule has 0 saturated heterocycles. The minimum atomic E-state index is -0.870. The topological polar surface area (TPSA) is 90.1 Å². The summed E-state index contributed by atoms with van der Waals surface area (Å²) in [5, 5.41) is 12.6. The number of fused-ring (bicyclic) bond motifs is 2. The minimum Gasteiger partial charge on any atom is -0.506 e. The molecule has 3 aromatic carbocycles. The fourth-order valence-corrected chi connectivity index (χ4v) is 6.18. The molecular formula is C28H22Cl2N2O5S. The van der Waals surface area contributed by atoms with Crippen molar-refractivity contribution >= 4 is 57.4 Å². The molecule has 10 heteroatoms. The Morgan fingerprint density at radius 2 is 1.97 bits per heavy atom. The number of hydrogen-bond donors (Lipinski definition) is 1. The summed E-state index contributed by atoms with van der Waals surface area (Å²) in [6.45, 7) is 3.60. The zero-order valence-corrected chi connectivity index (χ0v) is 22.9. The number of methoxy groups -OCH3 is 1. The number of aromatic nitrogens is 1. The number of allylic oxidation sites excluding steroid dienone is 1. The lowest BCUT2D eigenvalue weighted by atomic mass is 9.90. The van der Waals surface area contributed by atoms with Crippen LogP contribution in [0.25, 0.3) is 16.8 Å². The predicted molar refractivity (Wildman–Crippen MR) is 149 cm³/mol. The Kier molecular flexibility index (Phi) is 7.05. The van der Waals surface area contributed by atoms with E-state index in [2.05, 4.69) is 4.99 Å². The van der Waals surface area contributed by atoms with Gasteiger partial charge in [-0.15, -0.1) is 0 Å². The van der Waals surface area contributed by atoms with Crippen LogP contribution in [0.4, 0.5) is 0 Å². The van der Waals surface area contributed by atoms with Crippen LogP contribution >= 0.6 is 34.5 Å². The molecule has 0 fully saturated rings. The van der Waals surface area contributed by atoms with E-state index < -0.39 is 17.6 Å². The highest BCUT2D eigenvalue weighted by molar-refractivity contribution is 7.07. The SMILES string of the molecule is CCOC(=O)C1=C(C)N=c2s/c(=C/c3cc(Cl)cc(Cl)c3O)c(=O)n2[C@@H]1c1c(OC)ccc2ccccc12. The summed E-state index contributed by atoms with van der Waals surface area (Å²) in [6.07, 6.45) is 1.51. The number of aromatic hydroxyl groups is 1. The summed E-state index contributed by atoms with van der Waals surface area (Å²) in [5.41, 5.74) is 1.20. The van der Waals surface area contributed by atoms with Crippen molar-refractivity contribution in [3.8, 4) is 11.5 Å². The van der Waals surface area contributed by atoms with Crippen LogP contribution in [-0.2, 0) is 9.53 Å². The molecule has 1 aromatic heterocycles. The largest absolute Gasteiger partial charge is 0.506 e. The third kappa shape index (κ3) is 4.38. The van der Waals surface area contributed by atoms with Crippen molar-refractivity contribution in [3.63, 3.8) is 0 Å². The number of ether oxygens (including phenoxy) is 2. The molecule has 0 aliphatic carbocycles. The lowest BCUT2D eigenvalue weighted by Crippen LogP contribution is -2.40. The molecule has 5 rings (SSSR count). The van der Waals surface area contributed by atoms with E-state index in [1.165, 1.54) is 22.8 Å². The number of halogens is 2. The molecule has 1 N–H and O–H groups in total. The number of hydrogen-bond acceptors (Lipinski definition) is 7. The molecule has 0 saturated carbocycles. The number of nitrogens with zero attached hydrogens (tertiary/aromatic N) is 2. The number of rotatable bonds is 5. The molecule has 7 nitrogen and oxygen atoms in total. The molecule has 0 spiro atoms. The van der Waals surface area contributed by atoms with Gasteiger partial charge in [-0.2, -0.15) is 0 Å². The monoisotopic (exact) mass is 568 g/mol. The number of thiazole rings is 1. The van der Waals surface area contributed by atoms with E-state index in [9.17, 15) is 14.7 Å². The van der Waals surface area contributed by atoms with Crippen molar-refractivity contribution in [2.75, 3.05) is 13.7 Å². The summed E-state index contributed by atoms with van der Waals surface area (Å²) in [5.74, 6) is -0.251. The molecule has 0 bridgehead atoms. The van der Waals surface area contributed by atoms with Crippen LogP contribution < -0.4 is 19.6 Å². The Labute approximate surface area is 231 Å². The van der Waals surface area contributed by atoms with Gasteiger partial charge in [0.15, 0.2) is 4.80 Å². The van der Waals surface area contributed by atoms with Crippen molar-refractivity contribution in [1.29, 1.82) is 0 Å². The second kappa shape index (κ2) is 10.3. The van der Waals surface area contributed by atoms with Gasteiger partial charge in [0.2, 0.25) is 0 Å². The Morgan fingerprint density at radius 3 is 2.71 bits per heavy atom. The maximum atomic E-state index is 14.0. The molecule has 0 amide bonds. The van der Waals surface area contributed by atoms with E-state index in [1.54, 1.807) is 21.0 Å². The maximum absolute atomic E-state index is 14.0. The highest BCUT2D eigenvalue weighted by Gasteiger charge is 2.36. The van der Waals surface area contributed by atoms with Crippen LogP contribution in [0.3, 0.4) is 0 Å². The van der Waals surface area contributed by atoms with Crippen LogP contribution in [-0.4, -0.2) is 29.4 Å². The third-order valence-corrected chi connectivity index (χ3v) is 7.77. The molecule has 1 aliphatic rings. The van der Waals surface area contributed by atoms with Gasteiger partial charge < -0.3 is 14.6 Å². The maximum Gasteiger partial charge on any atom is 0.338 e. The first-order chi connectivity index (χ1) is 18.2. The zero-order chi connectivity index (χ0) is 27.1. The molecule has 2 heterocycles. The van der Waals surface area contributed by atoms with E-state index in [1.807, 2.05) is 36.4 Å². The van der Waals surface area contributed by atoms with Crippen molar-refractivity contribution in [3.05, 3.63) is 101 Å². The van der Waals surface area contributed by atoms with Gasteiger partial charge in [-0.1, -0.05) is 64.9 Å². The highest BCUT2D eigenvalue weighted by atomic mass is 35.5. The average molecular weight is 569 g/mol. The first-order valence-corrected chi connectivity index (χ1v) is 13.3. The van der Waals surface area contributed by atoms with E-state index >= 15 is 0 Å². The van der Waals surface area contributed by atoms with Gasteiger partial charge in [0.25, 0.3) is 5.56 Å². The van der Waals surface area contributed by atoms with Crippen molar-refractivity contribution in [1.82, 2.24) is 4.57 Å². The summed E-state index contributed by atoms with van der Waals surface area (Å²) >= 11 is 13.4. The highest BCUT2D eigenvalue weighted by Crippen LogP contribution is 2.40. The van der Waals surface area contributed by atoms with E-state index in [0.29, 0.717) is 26.8 Å². The minimum absolute atomic E-state index is 0.0651. The molecule has 1 aliphatic heterocycles. The number of phenols is 1. The molecule has 1 atom stereocenters. The third-order valence-electron chi connectivity index (χ3n) is 6.29. The predicted octanol–water partition coefficient (Wildman–Crippen LogP) is 4.97. The summed E-state index contributed by atoms with van der Waals surface area (Å²) < 4.78 is 12.9. The van der Waals surface area contributed by atoms with Gasteiger partial charge in [0.1, 0.15) is 17.5 Å². The number of phenolic OH excluding ortho intramolecular Hbond substituents is 1. The number of esters is 1. The number of carbonyl (C=O) groups is 1. The molecule has 4 aromatic rings. The first-order valence-electron chi connectivity index (χ1n) is 11.7. The lowest BCUT2D eigenvalue weighted by Gasteiger charge is -2.27. The van der Waals surface area contributed by atoms with Crippen LogP contribution in [0.15, 0.2) is 69.6 Å². The second-order valence-corrected chi connectivity index (χ2v) is 10.4. The van der Waals surface area contributed by atoms with Crippen LogP contribution in [0.5, 0.6) is 11.5 Å². The Bertz CT molecular complexity index is 1820. The summed E-state index contributed by atoms with van der Waals surface area (Å²) in [6, 6.07) is 13.5. The summed E-state index contributed by atoms with van der Waals surface area (Å²) in [7, 11) is 1.55. The Balaban J connectivity index is 1.86. The van der Waals surface area contributed by atoms with Crippen molar-refractivity contribution in [2.24, 2.45) is 4.99 Å². The van der Waals surface area contributed by atoms with Gasteiger partial charge in [-0.25, -0.2) is 9.79 Å². The van der Waals surface area contributed by atoms with E-state index in [-0.39, 0.29) is 33.0 Å². The molecular weight excluding hydrogens is 547 g/mol. The molecule has 38 heavy (non-hydrogen) atoms. The zero-order valence-electron chi connectivity index (χ0n) is 20.6. The quantitative estimate of drug-likeness (QED) is 0.343. The van der Waals surface area contributed by atoms with Gasteiger partial charge >= 0.3 is 5.97 Å². The molecule has 0 radical (unpaired) electrons. The first kappa shape index (κ1) is 26.0. The molecule has 0 unspecified atom stereocenters. The number of benzene rings is 3. The lowest BCUT2D eigenvalue weighted by molar-refractivity contribution is -0.139. The Hall–Kier alpha value is -3.59. The van der Waals surface area contributed by atoms with E-state index in [0.717, 1.165) is 22.1 Å². The van der Waals surface area contributed by atoms with Gasteiger partial charge in [0, 0.05) is 16.1 Å². The second-order valence-electron chi connectivity index (χ2n) is 8.53. The van der Waals surface area contributed by atoms with Gasteiger partial charge in [-0.05, 0) is 48.9 Å². The fraction of sp³-hybridized carbons (Fsp3) is 0.179. The van der Waals surface area contributed by atoms with Crippen LogP contribution in [0, 0.1) is 0 Å². The van der Waals surface area contributed by atoms with Crippen molar-refractivity contribution in [2.45, 2.75) is 19.9 Å². The fourth-order valence-electron chi connectivity index (χ4n) is 4.64. The Morgan fingerprint density at radius 1 is 1.21 bits per heavy atom. The number of carbonyl (C=O) groups excluding carboxylic acids is 1. The summed E-state index contributed by atoms with van der Waals surface area (Å²) in [4.78, 5) is 32.3. The molecule has 194 valence electrons. The van der Waals surface area contributed by atoms with E-state index in [4.69, 9.17) is 32.7 Å². The smallest absolute Gasteiger partial charge is 0.338 e. The van der Waals surface area contributed by atoms with Crippen LogP contribution in [0.1, 0.15) is 31.0 Å². The average Bonchev–Trinajstić information content (AvgIpc) is 3.19. The van der Waals surface area contributed by atoms with Crippen molar-refractivity contribution < 1.29 is 19.4 Å². The van der Waals surface area contributed by atoms with Gasteiger partial charge in [-0.3, -0.25) is 9.36 Å². The van der Waals surface area contributed by atoms with Crippen LogP contribution in [0.2, 0.25) is 10.0 Å². The normalized spacial score (nSPS) is 15.4. The standard InChI is InChI=1S/C28H22Cl2N2O5S/c1-4-37-27(35)22-14(2)31-28-32(24(22)23-18-8-6-5-7-15(18)9-10-20(23)36-3)26(34)21(38-28)12-16-11-17(29)13-19(30)25(16)33/h5-13,24,33H,4H2,1-3H3/b21-12+/t24-/m0/s1.